The van der Waals surface area contributed by atoms with E-state index in [0.29, 0.717) is 17.4 Å². The van der Waals surface area contributed by atoms with Gasteiger partial charge in [0.1, 0.15) is 0 Å². The first-order chi connectivity index (χ1) is 22.2. The van der Waals surface area contributed by atoms with Crippen LogP contribution in [0.2, 0.25) is 0 Å². The van der Waals surface area contributed by atoms with Gasteiger partial charge in [0.2, 0.25) is 0 Å². The highest BCUT2D eigenvalue weighted by Crippen LogP contribution is 2.39. The van der Waals surface area contributed by atoms with E-state index in [1.54, 1.807) is 6.92 Å². The fourth-order valence-corrected chi connectivity index (χ4v) is 6.71. The van der Waals surface area contributed by atoms with Crippen molar-refractivity contribution in [2.45, 2.75) is 90.9 Å². The van der Waals surface area contributed by atoms with E-state index in [0.717, 1.165) is 38.5 Å². The molecule has 0 aliphatic heterocycles. The van der Waals surface area contributed by atoms with Crippen molar-refractivity contribution in [3.8, 4) is 11.1 Å². The molecule has 5 nitrogen and oxygen atoms in total. The van der Waals surface area contributed by atoms with Gasteiger partial charge in [0.25, 0.3) is 0 Å². The molecule has 1 fully saturated rings. The van der Waals surface area contributed by atoms with Gasteiger partial charge in [-0.05, 0) is 115 Å². The van der Waals surface area contributed by atoms with E-state index in [9.17, 15) is 14.7 Å². The smallest absolute Gasteiger partial charge is 0.335 e. The number of aliphatic hydroxyl groups excluding tert-OH is 1. The van der Waals surface area contributed by atoms with Crippen LogP contribution in [0.15, 0.2) is 78.9 Å². The van der Waals surface area contributed by atoms with E-state index in [2.05, 4.69) is 81.6 Å². The van der Waals surface area contributed by atoms with Gasteiger partial charge in [0.15, 0.2) is 0 Å². The van der Waals surface area contributed by atoms with Gasteiger partial charge in [-0.1, -0.05) is 88.4 Å². The van der Waals surface area contributed by atoms with Crippen LogP contribution in [0.4, 0.5) is 0 Å². The molecule has 1 N–H and O–H groups in total. The molecule has 0 heterocycles. The third-order valence-electron chi connectivity index (χ3n) is 9.55. The number of aliphatic hydroxyl groups is 1. The molecule has 46 heavy (non-hydrogen) atoms. The SMILES string of the molecule is C=C(C)C(=O)OCC(COC(=O)C(=C)CO)CC1CCC(c2ccc3cc(-c4ccc(CCCCC)c(CC)c4)ccc3c2)CC1. The normalized spacial score (nSPS) is 17.0. The molecular weight excluding hydrogens is 572 g/mol. The Morgan fingerprint density at radius 3 is 2.15 bits per heavy atom. The topological polar surface area (TPSA) is 72.8 Å². The highest BCUT2D eigenvalue weighted by atomic mass is 16.5. The summed E-state index contributed by atoms with van der Waals surface area (Å²) in [5.41, 5.74) is 7.27. The van der Waals surface area contributed by atoms with Crippen LogP contribution in [-0.2, 0) is 31.9 Å². The molecular formula is C41H52O5. The van der Waals surface area contributed by atoms with Crippen LogP contribution < -0.4 is 0 Å². The Morgan fingerprint density at radius 2 is 1.48 bits per heavy atom. The fourth-order valence-electron chi connectivity index (χ4n) is 6.71. The van der Waals surface area contributed by atoms with Gasteiger partial charge in [0.05, 0.1) is 25.4 Å². The number of carbonyl (C=O) groups is 2. The van der Waals surface area contributed by atoms with Crippen LogP contribution in [0.3, 0.4) is 0 Å². The summed E-state index contributed by atoms with van der Waals surface area (Å²) in [7, 11) is 0. The monoisotopic (exact) mass is 624 g/mol. The number of hydrogen-bond acceptors (Lipinski definition) is 5. The van der Waals surface area contributed by atoms with E-state index in [1.807, 2.05) is 0 Å². The van der Waals surface area contributed by atoms with Crippen LogP contribution in [0, 0.1) is 11.8 Å². The molecule has 0 saturated heterocycles. The van der Waals surface area contributed by atoms with E-state index in [4.69, 9.17) is 9.47 Å². The number of ether oxygens (including phenoxy) is 2. The summed E-state index contributed by atoms with van der Waals surface area (Å²) in [5, 5.41) is 11.7. The maximum Gasteiger partial charge on any atom is 0.335 e. The number of hydrogen-bond donors (Lipinski definition) is 1. The first-order valence-electron chi connectivity index (χ1n) is 17.2. The Balaban J connectivity index is 1.37. The van der Waals surface area contributed by atoms with Crippen molar-refractivity contribution in [3.63, 3.8) is 0 Å². The predicted molar refractivity (Wildman–Crippen MR) is 188 cm³/mol. The molecule has 3 aromatic rings. The minimum absolute atomic E-state index is 0.0160. The van der Waals surface area contributed by atoms with E-state index >= 15 is 0 Å². The third-order valence-corrected chi connectivity index (χ3v) is 9.55. The van der Waals surface area contributed by atoms with Crippen molar-refractivity contribution in [1.29, 1.82) is 0 Å². The summed E-state index contributed by atoms with van der Waals surface area (Å²) in [6.07, 6.45) is 11.2. The molecule has 1 atom stereocenters. The lowest BCUT2D eigenvalue weighted by Crippen LogP contribution is -2.25. The molecule has 0 radical (unpaired) electrons. The standard InChI is InChI=1S/C41H52O5/c1-6-8-9-10-33-15-16-36(22-32(33)7-2)38-20-19-37-23-35(17-18-39(37)24-38)34-13-11-30(12-14-34)21-31(26-45-40(43)28(3)4)27-46-41(44)29(5)25-42/h15-20,22-24,30-31,34,42H,3,5-14,21,25-27H2,1-2,4H3. The van der Waals surface area contributed by atoms with Gasteiger partial charge in [-0.3, -0.25) is 0 Å². The first-order valence-corrected chi connectivity index (χ1v) is 17.2. The van der Waals surface area contributed by atoms with Crippen LogP contribution in [0.5, 0.6) is 0 Å². The van der Waals surface area contributed by atoms with E-state index in [1.165, 1.54) is 64.3 Å². The average Bonchev–Trinajstić information content (AvgIpc) is 3.08. The van der Waals surface area contributed by atoms with Gasteiger partial charge < -0.3 is 14.6 Å². The van der Waals surface area contributed by atoms with Crippen molar-refractivity contribution >= 4 is 22.7 Å². The van der Waals surface area contributed by atoms with Crippen molar-refractivity contribution < 1.29 is 24.2 Å². The second kappa shape index (κ2) is 17.3. The molecule has 0 aromatic heterocycles. The minimum Gasteiger partial charge on any atom is -0.462 e. The van der Waals surface area contributed by atoms with Crippen LogP contribution in [0.25, 0.3) is 21.9 Å². The second-order valence-corrected chi connectivity index (χ2v) is 13.2. The third kappa shape index (κ3) is 9.65. The molecule has 1 aliphatic carbocycles. The Kier molecular flexibility index (Phi) is 13.2. The molecule has 0 amide bonds. The summed E-state index contributed by atoms with van der Waals surface area (Å²) in [5.74, 6) is -0.213. The molecule has 5 heteroatoms. The molecule has 3 aromatic carbocycles. The molecule has 0 bridgehead atoms. The van der Waals surface area contributed by atoms with E-state index < -0.39 is 18.5 Å². The largest absolute Gasteiger partial charge is 0.462 e. The summed E-state index contributed by atoms with van der Waals surface area (Å²) in [4.78, 5) is 24.1. The zero-order valence-electron chi connectivity index (χ0n) is 28.1. The summed E-state index contributed by atoms with van der Waals surface area (Å²) in [6, 6.07) is 20.8. The van der Waals surface area contributed by atoms with Gasteiger partial charge in [-0.2, -0.15) is 0 Å². The van der Waals surface area contributed by atoms with Crippen molar-refractivity contribution in [1.82, 2.24) is 0 Å². The highest BCUT2D eigenvalue weighted by Gasteiger charge is 2.27. The highest BCUT2D eigenvalue weighted by molar-refractivity contribution is 5.89. The minimum atomic E-state index is -0.618. The molecule has 0 spiro atoms. The van der Waals surface area contributed by atoms with Crippen LogP contribution in [0.1, 0.15) is 94.7 Å². The zero-order chi connectivity index (χ0) is 33.1. The molecule has 1 saturated carbocycles. The number of esters is 2. The number of unbranched alkanes of at least 4 members (excludes halogenated alkanes) is 2. The predicted octanol–water partition coefficient (Wildman–Crippen LogP) is 9.29. The average molecular weight is 625 g/mol. The zero-order valence-corrected chi connectivity index (χ0v) is 28.1. The van der Waals surface area contributed by atoms with Crippen LogP contribution in [-0.4, -0.2) is 36.9 Å². The molecule has 4 rings (SSSR count). The lowest BCUT2D eigenvalue weighted by atomic mass is 9.75. The fraction of sp³-hybridized carbons (Fsp3) is 0.463. The first kappa shape index (κ1) is 35.2. The maximum absolute atomic E-state index is 12.1. The number of carbonyl (C=O) groups excluding carboxylic acids is 2. The summed E-state index contributed by atoms with van der Waals surface area (Å²) < 4.78 is 10.8. The number of fused-ring (bicyclic) bond motifs is 1. The number of benzene rings is 3. The van der Waals surface area contributed by atoms with Crippen molar-refractivity contribution in [2.24, 2.45) is 11.8 Å². The van der Waals surface area contributed by atoms with Crippen LogP contribution >= 0.6 is 0 Å². The van der Waals surface area contributed by atoms with E-state index in [-0.39, 0.29) is 24.7 Å². The lowest BCUT2D eigenvalue weighted by molar-refractivity contribution is -0.144. The maximum atomic E-state index is 12.1. The molecule has 246 valence electrons. The Morgan fingerprint density at radius 1 is 0.826 bits per heavy atom. The number of rotatable bonds is 16. The van der Waals surface area contributed by atoms with Gasteiger partial charge in [-0.15, -0.1) is 0 Å². The molecule has 1 unspecified atom stereocenters. The quantitative estimate of drug-likeness (QED) is 0.0977. The number of aryl methyl sites for hydroxylation is 2. The van der Waals surface area contributed by atoms with Gasteiger partial charge in [0, 0.05) is 11.5 Å². The summed E-state index contributed by atoms with van der Waals surface area (Å²) >= 11 is 0. The van der Waals surface area contributed by atoms with Gasteiger partial charge >= 0.3 is 11.9 Å². The van der Waals surface area contributed by atoms with Gasteiger partial charge in [-0.25, -0.2) is 9.59 Å². The molecule has 1 aliphatic rings. The summed E-state index contributed by atoms with van der Waals surface area (Å²) in [6.45, 7) is 13.2. The van der Waals surface area contributed by atoms with Crippen molar-refractivity contribution in [3.05, 3.63) is 95.6 Å². The Labute approximate surface area is 275 Å². The lowest BCUT2D eigenvalue weighted by Gasteiger charge is -2.31. The Hall–Kier alpha value is -3.70. The van der Waals surface area contributed by atoms with Crippen molar-refractivity contribution in [2.75, 3.05) is 19.8 Å². The second-order valence-electron chi connectivity index (χ2n) is 13.2. The Bertz CT molecular complexity index is 1510.